The molecule has 0 saturated carbocycles. The van der Waals surface area contributed by atoms with Gasteiger partial charge >= 0.3 is 0 Å². The number of hydrogen-bond acceptors (Lipinski definition) is 4. The molecule has 1 rings (SSSR count). The van der Waals surface area contributed by atoms with Crippen LogP contribution in [0, 0.1) is 0 Å². The van der Waals surface area contributed by atoms with E-state index < -0.39 is 24.9 Å². The quantitative estimate of drug-likeness (QED) is 0.413. The summed E-state index contributed by atoms with van der Waals surface area (Å²) in [5.41, 5.74) is -1.56. The number of ether oxygens (including phenoxy) is 1. The zero-order valence-corrected chi connectivity index (χ0v) is 4.82. The number of aliphatic hydroxyl groups is 3. The highest BCUT2D eigenvalue weighted by Crippen LogP contribution is 2.23. The summed E-state index contributed by atoms with van der Waals surface area (Å²) in [6.45, 7) is -2.05. The van der Waals surface area contributed by atoms with E-state index in [4.69, 9.17) is 11.6 Å². The van der Waals surface area contributed by atoms with Gasteiger partial charge in [-0.3, -0.25) is 0 Å². The molecule has 0 aromatic carbocycles. The molecule has 0 radical (unpaired) electrons. The summed E-state index contributed by atoms with van der Waals surface area (Å²) in [7, 11) is 0. The zero-order chi connectivity index (χ0) is 7.78. The predicted octanol–water partition coefficient (Wildman–Crippen LogP) is -1.90. The standard InChI is InChI=1S/C5H10O4/c6-1-4-5(8,2-7)3-9-4/h4,6-8H,1-3H2/t4-,5+/m1/s1/i3D/t3?,4-,5+. The second-order valence-corrected chi connectivity index (χ2v) is 2.07. The van der Waals surface area contributed by atoms with E-state index in [0.717, 1.165) is 0 Å². The normalized spacial score (nSPS) is 52.1. The van der Waals surface area contributed by atoms with E-state index in [2.05, 4.69) is 4.74 Å². The maximum atomic E-state index is 9.22. The lowest BCUT2D eigenvalue weighted by Gasteiger charge is -2.42. The predicted molar refractivity (Wildman–Crippen MR) is 28.9 cm³/mol. The van der Waals surface area contributed by atoms with Crippen molar-refractivity contribution in [1.29, 1.82) is 0 Å². The van der Waals surface area contributed by atoms with Crippen LogP contribution in [0.15, 0.2) is 0 Å². The van der Waals surface area contributed by atoms with Crippen LogP contribution in [0.25, 0.3) is 0 Å². The topological polar surface area (TPSA) is 69.9 Å². The Morgan fingerprint density at radius 1 is 1.78 bits per heavy atom. The van der Waals surface area contributed by atoms with E-state index in [0.29, 0.717) is 0 Å². The Bertz CT molecular complexity index is 131. The van der Waals surface area contributed by atoms with Gasteiger partial charge in [-0.15, -0.1) is 0 Å². The molecule has 54 valence electrons. The van der Waals surface area contributed by atoms with E-state index in [1.807, 2.05) is 0 Å². The van der Waals surface area contributed by atoms with E-state index in [-0.39, 0.29) is 6.61 Å². The summed E-state index contributed by atoms with van der Waals surface area (Å²) in [6.07, 6.45) is -0.806. The van der Waals surface area contributed by atoms with Gasteiger partial charge < -0.3 is 20.1 Å². The minimum Gasteiger partial charge on any atom is -0.394 e. The lowest BCUT2D eigenvalue weighted by molar-refractivity contribution is -0.260. The van der Waals surface area contributed by atoms with Gasteiger partial charge in [0.25, 0.3) is 0 Å². The van der Waals surface area contributed by atoms with E-state index in [9.17, 15) is 5.11 Å². The van der Waals surface area contributed by atoms with Gasteiger partial charge in [0.2, 0.25) is 0 Å². The van der Waals surface area contributed by atoms with Crippen molar-refractivity contribution in [3.05, 3.63) is 0 Å². The highest BCUT2D eigenvalue weighted by Gasteiger charge is 2.45. The Labute approximate surface area is 54.1 Å². The summed E-state index contributed by atoms with van der Waals surface area (Å²) in [6, 6.07) is 0. The first-order valence-electron chi connectivity index (χ1n) is 3.24. The van der Waals surface area contributed by atoms with Crippen LogP contribution in [0.2, 0.25) is 0 Å². The Balaban J connectivity index is 2.54. The highest BCUT2D eigenvalue weighted by atomic mass is 16.6. The molecule has 4 nitrogen and oxygen atoms in total. The van der Waals surface area contributed by atoms with Crippen LogP contribution in [-0.4, -0.2) is 46.8 Å². The number of aliphatic hydroxyl groups excluding tert-OH is 2. The Hall–Kier alpha value is -0.160. The van der Waals surface area contributed by atoms with Crippen molar-refractivity contribution in [3.63, 3.8) is 0 Å². The van der Waals surface area contributed by atoms with Gasteiger partial charge in [-0.25, -0.2) is 0 Å². The molecule has 0 spiro atoms. The third-order valence-electron chi connectivity index (χ3n) is 1.41. The second-order valence-electron chi connectivity index (χ2n) is 2.07. The van der Waals surface area contributed by atoms with Crippen molar-refractivity contribution in [1.82, 2.24) is 0 Å². The molecule has 1 aliphatic heterocycles. The monoisotopic (exact) mass is 135 g/mol. The second kappa shape index (κ2) is 2.22. The van der Waals surface area contributed by atoms with Crippen LogP contribution in [0.5, 0.6) is 0 Å². The summed E-state index contributed by atoms with van der Waals surface area (Å²) in [4.78, 5) is 0. The summed E-state index contributed by atoms with van der Waals surface area (Å²) >= 11 is 0. The molecule has 0 aliphatic carbocycles. The van der Waals surface area contributed by atoms with Gasteiger partial charge in [0.05, 0.1) is 21.2 Å². The maximum absolute atomic E-state index is 9.22. The minimum atomic E-state index is -1.56. The summed E-state index contributed by atoms with van der Waals surface area (Å²) in [5, 5.41) is 26.3. The van der Waals surface area contributed by atoms with Crippen molar-refractivity contribution in [2.24, 2.45) is 0 Å². The maximum Gasteiger partial charge on any atom is 0.139 e. The average molecular weight is 135 g/mol. The Kier molecular flexibility index (Phi) is 1.39. The van der Waals surface area contributed by atoms with E-state index >= 15 is 0 Å². The van der Waals surface area contributed by atoms with Crippen molar-refractivity contribution in [2.45, 2.75) is 11.7 Å². The van der Waals surface area contributed by atoms with Crippen LogP contribution in [0.3, 0.4) is 0 Å². The Morgan fingerprint density at radius 2 is 2.44 bits per heavy atom. The molecular weight excluding hydrogens is 124 g/mol. The molecule has 4 heteroatoms. The molecule has 3 atom stereocenters. The molecule has 1 aliphatic rings. The van der Waals surface area contributed by atoms with Gasteiger partial charge in [-0.2, -0.15) is 0 Å². The third-order valence-corrected chi connectivity index (χ3v) is 1.41. The molecule has 1 heterocycles. The molecule has 0 amide bonds. The van der Waals surface area contributed by atoms with E-state index in [1.54, 1.807) is 0 Å². The van der Waals surface area contributed by atoms with Crippen LogP contribution >= 0.6 is 0 Å². The molecule has 1 unspecified atom stereocenters. The molecule has 1 saturated heterocycles. The van der Waals surface area contributed by atoms with Crippen molar-refractivity contribution in [3.8, 4) is 0 Å². The van der Waals surface area contributed by atoms with Crippen LogP contribution in [-0.2, 0) is 4.74 Å². The largest absolute Gasteiger partial charge is 0.394 e. The zero-order valence-electron chi connectivity index (χ0n) is 5.82. The first-order valence-corrected chi connectivity index (χ1v) is 2.67. The number of hydrogen-bond donors (Lipinski definition) is 3. The molecule has 0 bridgehead atoms. The van der Waals surface area contributed by atoms with Crippen molar-refractivity contribution >= 4 is 0 Å². The molecule has 0 aromatic rings. The molecule has 0 aromatic heterocycles. The molecular formula is C5H10O4. The van der Waals surface area contributed by atoms with Gasteiger partial charge in [0, 0.05) is 0 Å². The van der Waals surface area contributed by atoms with E-state index in [1.165, 1.54) is 0 Å². The van der Waals surface area contributed by atoms with Gasteiger partial charge in [0.15, 0.2) is 0 Å². The minimum absolute atomic E-state index is 0.369. The third kappa shape index (κ3) is 0.943. The van der Waals surface area contributed by atoms with Crippen molar-refractivity contribution < 1.29 is 21.4 Å². The first kappa shape index (κ1) is 5.61. The van der Waals surface area contributed by atoms with Gasteiger partial charge in [0.1, 0.15) is 11.7 Å². The van der Waals surface area contributed by atoms with Crippen LogP contribution in [0.1, 0.15) is 1.37 Å². The lowest BCUT2D eigenvalue weighted by Crippen LogP contribution is -2.62. The first-order chi connectivity index (χ1) is 4.65. The molecule has 9 heavy (non-hydrogen) atoms. The van der Waals surface area contributed by atoms with Gasteiger partial charge in [-0.1, -0.05) is 0 Å². The SMILES string of the molecule is [2H]C1O[C@H](CO)[C@]1(O)CO. The highest BCUT2D eigenvalue weighted by molar-refractivity contribution is 4.94. The smallest absolute Gasteiger partial charge is 0.139 e. The fourth-order valence-corrected chi connectivity index (χ4v) is 0.662. The van der Waals surface area contributed by atoms with Crippen LogP contribution in [0.4, 0.5) is 0 Å². The van der Waals surface area contributed by atoms with Crippen molar-refractivity contribution in [2.75, 3.05) is 19.8 Å². The lowest BCUT2D eigenvalue weighted by atomic mass is 9.94. The Morgan fingerprint density at radius 3 is 2.67 bits per heavy atom. The van der Waals surface area contributed by atoms with Crippen LogP contribution < -0.4 is 0 Å². The summed E-state index contributed by atoms with van der Waals surface area (Å²) in [5.74, 6) is 0. The summed E-state index contributed by atoms with van der Waals surface area (Å²) < 4.78 is 11.6. The number of rotatable bonds is 2. The van der Waals surface area contributed by atoms with Gasteiger partial charge in [-0.05, 0) is 0 Å². The fraction of sp³-hybridized carbons (Fsp3) is 1.00. The molecule has 1 fully saturated rings. The molecule has 3 N–H and O–H groups in total. The average Bonchev–Trinajstić information content (AvgIpc) is 1.98. The fourth-order valence-electron chi connectivity index (χ4n) is 0.662.